The molecular formula is C12H18N6O2. The summed E-state index contributed by atoms with van der Waals surface area (Å²) in [5, 5.41) is 11.3. The number of nitro groups is 1. The van der Waals surface area contributed by atoms with Gasteiger partial charge in [0.15, 0.2) is 0 Å². The maximum absolute atomic E-state index is 11.3. The van der Waals surface area contributed by atoms with Gasteiger partial charge in [-0.25, -0.2) is 15.8 Å². The first kappa shape index (κ1) is 13.0. The Balaban J connectivity index is 2.02. The molecule has 2 fully saturated rings. The Morgan fingerprint density at radius 1 is 1.35 bits per heavy atom. The van der Waals surface area contributed by atoms with Gasteiger partial charge in [0.2, 0.25) is 11.6 Å². The maximum atomic E-state index is 11.3. The molecule has 1 aromatic heterocycles. The Bertz CT molecular complexity index is 523. The van der Waals surface area contributed by atoms with Gasteiger partial charge < -0.3 is 10.3 Å². The van der Waals surface area contributed by atoms with Gasteiger partial charge in [0, 0.05) is 12.6 Å². The van der Waals surface area contributed by atoms with Gasteiger partial charge in [0.1, 0.15) is 6.33 Å². The van der Waals surface area contributed by atoms with Gasteiger partial charge in [-0.3, -0.25) is 10.1 Å². The monoisotopic (exact) mass is 278 g/mol. The molecule has 2 aliphatic rings. The molecule has 0 aromatic carbocycles. The van der Waals surface area contributed by atoms with Gasteiger partial charge in [-0.2, -0.15) is 0 Å². The average Bonchev–Trinajstić information content (AvgIpc) is 2.94. The van der Waals surface area contributed by atoms with Crippen molar-refractivity contribution in [2.75, 3.05) is 16.9 Å². The van der Waals surface area contributed by atoms with Crippen molar-refractivity contribution in [2.45, 2.75) is 38.1 Å². The number of aromatic nitrogens is 2. The van der Waals surface area contributed by atoms with Crippen molar-refractivity contribution in [3.63, 3.8) is 0 Å². The van der Waals surface area contributed by atoms with Crippen LogP contribution in [0.5, 0.6) is 0 Å². The second-order valence-electron chi connectivity index (χ2n) is 5.39. The molecule has 2 heterocycles. The predicted octanol–water partition coefficient (Wildman–Crippen LogP) is 1.44. The molecule has 0 amide bonds. The number of hydrazine groups is 1. The number of anilines is 2. The zero-order valence-corrected chi connectivity index (χ0v) is 11.2. The Hall–Kier alpha value is -1.96. The van der Waals surface area contributed by atoms with Gasteiger partial charge in [0.25, 0.3) is 0 Å². The van der Waals surface area contributed by atoms with Crippen LogP contribution in [-0.4, -0.2) is 27.5 Å². The molecular weight excluding hydrogens is 260 g/mol. The van der Waals surface area contributed by atoms with E-state index in [-0.39, 0.29) is 11.5 Å². The average molecular weight is 278 g/mol. The van der Waals surface area contributed by atoms with E-state index in [4.69, 9.17) is 5.84 Å². The summed E-state index contributed by atoms with van der Waals surface area (Å²) in [5.41, 5.74) is 2.17. The SMILES string of the molecule is NNc1ncnc(N2CCCC3CCCC32)c1[N+](=O)[O-]. The lowest BCUT2D eigenvalue weighted by molar-refractivity contribution is -0.383. The lowest BCUT2D eigenvalue weighted by Crippen LogP contribution is -2.43. The largest absolute Gasteiger partial charge is 0.354 e. The van der Waals surface area contributed by atoms with Crippen molar-refractivity contribution in [1.82, 2.24) is 9.97 Å². The number of nitrogens with two attached hydrogens (primary N) is 1. The number of nitrogens with one attached hydrogen (secondary N) is 1. The van der Waals surface area contributed by atoms with Gasteiger partial charge in [-0.15, -0.1) is 0 Å². The van der Waals surface area contributed by atoms with Crippen LogP contribution in [0.3, 0.4) is 0 Å². The summed E-state index contributed by atoms with van der Waals surface area (Å²) < 4.78 is 0. The summed E-state index contributed by atoms with van der Waals surface area (Å²) in [6.45, 7) is 0.809. The van der Waals surface area contributed by atoms with E-state index < -0.39 is 4.92 Å². The minimum atomic E-state index is -0.455. The first-order valence-electron chi connectivity index (χ1n) is 6.95. The molecule has 108 valence electrons. The quantitative estimate of drug-likeness (QED) is 0.489. The van der Waals surface area contributed by atoms with E-state index in [0.717, 1.165) is 19.4 Å². The van der Waals surface area contributed by atoms with Gasteiger partial charge >= 0.3 is 5.69 Å². The highest BCUT2D eigenvalue weighted by Crippen LogP contribution is 2.42. The molecule has 1 saturated heterocycles. The van der Waals surface area contributed by atoms with E-state index in [1.807, 2.05) is 0 Å². The Morgan fingerprint density at radius 2 is 2.15 bits per heavy atom. The third kappa shape index (κ3) is 2.05. The number of piperidine rings is 1. The number of fused-ring (bicyclic) bond motifs is 1. The normalized spacial score (nSPS) is 25.4. The van der Waals surface area contributed by atoms with Crippen molar-refractivity contribution < 1.29 is 4.92 Å². The number of hydrogen-bond donors (Lipinski definition) is 2. The molecule has 1 aliphatic heterocycles. The molecule has 8 nitrogen and oxygen atoms in total. The smallest absolute Gasteiger partial charge is 0.347 e. The fourth-order valence-corrected chi connectivity index (χ4v) is 3.57. The summed E-state index contributed by atoms with van der Waals surface area (Å²) >= 11 is 0. The van der Waals surface area contributed by atoms with Crippen molar-refractivity contribution in [1.29, 1.82) is 0 Å². The summed E-state index contributed by atoms with van der Waals surface area (Å²) in [7, 11) is 0. The van der Waals surface area contributed by atoms with Crippen LogP contribution in [0, 0.1) is 16.0 Å². The number of nitrogen functional groups attached to an aromatic ring is 1. The van der Waals surface area contributed by atoms with E-state index in [9.17, 15) is 10.1 Å². The summed E-state index contributed by atoms with van der Waals surface area (Å²) in [4.78, 5) is 21.0. The summed E-state index contributed by atoms with van der Waals surface area (Å²) in [5.74, 6) is 6.43. The third-order valence-corrected chi connectivity index (χ3v) is 4.39. The Labute approximate surface area is 116 Å². The standard InChI is InChI=1S/C12H18N6O2/c13-16-11-10(18(19)20)12(15-7-14-11)17-6-2-4-8-3-1-5-9(8)17/h7-9H,1-6,13H2,(H,14,15,16). The van der Waals surface area contributed by atoms with E-state index >= 15 is 0 Å². The molecule has 1 aromatic rings. The Morgan fingerprint density at radius 3 is 2.90 bits per heavy atom. The van der Waals surface area contributed by atoms with Crippen molar-refractivity contribution in [3.8, 4) is 0 Å². The zero-order chi connectivity index (χ0) is 14.1. The zero-order valence-electron chi connectivity index (χ0n) is 11.2. The molecule has 0 bridgehead atoms. The van der Waals surface area contributed by atoms with E-state index in [1.54, 1.807) is 0 Å². The third-order valence-electron chi connectivity index (χ3n) is 4.39. The first-order chi connectivity index (χ1) is 9.72. The number of nitrogens with zero attached hydrogens (tertiary/aromatic N) is 4. The van der Waals surface area contributed by atoms with Gasteiger partial charge in [-0.05, 0) is 31.6 Å². The lowest BCUT2D eigenvalue weighted by Gasteiger charge is -2.38. The van der Waals surface area contributed by atoms with Crippen LogP contribution in [-0.2, 0) is 0 Å². The van der Waals surface area contributed by atoms with Crippen molar-refractivity contribution in [2.24, 2.45) is 11.8 Å². The van der Waals surface area contributed by atoms with Crippen molar-refractivity contribution in [3.05, 3.63) is 16.4 Å². The summed E-state index contributed by atoms with van der Waals surface area (Å²) in [6, 6.07) is 0.364. The molecule has 1 saturated carbocycles. The van der Waals surface area contributed by atoms with E-state index in [1.165, 1.54) is 25.6 Å². The molecule has 8 heteroatoms. The summed E-state index contributed by atoms with van der Waals surface area (Å²) in [6.07, 6.45) is 7.07. The van der Waals surface area contributed by atoms with E-state index in [2.05, 4.69) is 20.3 Å². The van der Waals surface area contributed by atoms with Crippen LogP contribution < -0.4 is 16.2 Å². The fourth-order valence-electron chi connectivity index (χ4n) is 3.57. The van der Waals surface area contributed by atoms with Crippen LogP contribution in [0.1, 0.15) is 32.1 Å². The topological polar surface area (TPSA) is 110 Å². The molecule has 2 unspecified atom stereocenters. The van der Waals surface area contributed by atoms with Crippen LogP contribution in [0.15, 0.2) is 6.33 Å². The van der Waals surface area contributed by atoms with Crippen molar-refractivity contribution >= 4 is 17.3 Å². The lowest BCUT2D eigenvalue weighted by atomic mass is 9.92. The predicted molar refractivity (Wildman–Crippen MR) is 74.2 cm³/mol. The molecule has 20 heavy (non-hydrogen) atoms. The van der Waals surface area contributed by atoms with Crippen LogP contribution in [0.25, 0.3) is 0 Å². The second-order valence-corrected chi connectivity index (χ2v) is 5.39. The van der Waals surface area contributed by atoms with Gasteiger partial charge in [0.05, 0.1) is 4.92 Å². The fraction of sp³-hybridized carbons (Fsp3) is 0.667. The first-order valence-corrected chi connectivity index (χ1v) is 6.95. The Kier molecular flexibility index (Phi) is 3.39. The molecule has 1 aliphatic carbocycles. The van der Waals surface area contributed by atoms with Crippen LogP contribution in [0.4, 0.5) is 17.3 Å². The second kappa shape index (κ2) is 5.20. The van der Waals surface area contributed by atoms with E-state index in [0.29, 0.717) is 17.8 Å². The van der Waals surface area contributed by atoms with Gasteiger partial charge in [-0.1, -0.05) is 6.42 Å². The molecule has 3 rings (SSSR count). The maximum Gasteiger partial charge on any atom is 0.354 e. The van der Waals surface area contributed by atoms with Crippen LogP contribution in [0.2, 0.25) is 0 Å². The molecule has 3 N–H and O–H groups in total. The minimum Gasteiger partial charge on any atom is -0.347 e. The minimum absolute atomic E-state index is 0.0696. The molecule has 0 spiro atoms. The highest BCUT2D eigenvalue weighted by Gasteiger charge is 2.39. The number of hydrogen-bond acceptors (Lipinski definition) is 7. The molecule has 0 radical (unpaired) electrons. The number of rotatable bonds is 3. The van der Waals surface area contributed by atoms with Crippen LogP contribution >= 0.6 is 0 Å². The highest BCUT2D eigenvalue weighted by molar-refractivity contribution is 5.70. The molecule has 2 atom stereocenters. The highest BCUT2D eigenvalue weighted by atomic mass is 16.6.